The van der Waals surface area contributed by atoms with Crippen LogP contribution in [-0.2, 0) is 4.79 Å². The third-order valence-electron chi connectivity index (χ3n) is 1.55. The van der Waals surface area contributed by atoms with Crippen LogP contribution in [0.1, 0.15) is 0 Å². The Bertz CT molecular complexity index is 450. The number of hydrogen-bond acceptors (Lipinski definition) is 4. The largest absolute Gasteiger partial charge is 0.479 e. The first-order valence-electron chi connectivity index (χ1n) is 3.90. The average molecular weight is 250 g/mol. The molecule has 0 spiro atoms. The molecule has 6 nitrogen and oxygen atoms in total. The minimum Gasteiger partial charge on any atom is -0.479 e. The monoisotopic (exact) mass is 249 g/mol. The summed E-state index contributed by atoms with van der Waals surface area (Å²) in [6.07, 6.45) is 0. The Hall–Kier alpha value is -1.89. The molecule has 0 aliphatic rings. The molecule has 0 bridgehead atoms. The molecule has 0 fully saturated rings. The van der Waals surface area contributed by atoms with E-state index in [1.54, 1.807) is 0 Å². The van der Waals surface area contributed by atoms with Crippen molar-refractivity contribution in [2.45, 2.75) is 0 Å². The minimum atomic E-state index is -1.31. The van der Waals surface area contributed by atoms with Gasteiger partial charge in [0.2, 0.25) is 0 Å². The topological polar surface area (TPSA) is 89.7 Å². The van der Waals surface area contributed by atoms with Gasteiger partial charge in [-0.25, -0.2) is 9.18 Å². The highest BCUT2D eigenvalue weighted by molar-refractivity contribution is 6.31. The quantitative estimate of drug-likeness (QED) is 0.650. The molecule has 1 rings (SSSR count). The van der Waals surface area contributed by atoms with Crippen LogP contribution in [0.5, 0.6) is 5.75 Å². The van der Waals surface area contributed by atoms with Gasteiger partial charge < -0.3 is 9.84 Å². The van der Waals surface area contributed by atoms with E-state index in [4.69, 9.17) is 16.7 Å². The van der Waals surface area contributed by atoms with Gasteiger partial charge in [0, 0.05) is 6.07 Å². The second-order valence-corrected chi connectivity index (χ2v) is 3.08. The van der Waals surface area contributed by atoms with Crippen LogP contribution in [0.15, 0.2) is 12.1 Å². The molecule has 0 aliphatic heterocycles. The Morgan fingerprint density at radius 2 is 2.25 bits per heavy atom. The number of nitro groups is 1. The van der Waals surface area contributed by atoms with Gasteiger partial charge in [0.15, 0.2) is 12.4 Å². The number of carboxylic acids is 1. The average Bonchev–Trinajstić information content (AvgIpc) is 2.18. The molecule has 0 radical (unpaired) electrons. The van der Waals surface area contributed by atoms with Gasteiger partial charge in [0.25, 0.3) is 0 Å². The Kier molecular flexibility index (Phi) is 3.62. The molecule has 0 unspecified atom stereocenters. The first-order valence-corrected chi connectivity index (χ1v) is 4.27. The minimum absolute atomic E-state index is 0.383. The molecule has 0 amide bonds. The number of halogens is 2. The van der Waals surface area contributed by atoms with E-state index >= 15 is 0 Å². The van der Waals surface area contributed by atoms with Crippen molar-refractivity contribution in [2.24, 2.45) is 0 Å². The number of nitro benzene ring substituents is 1. The summed E-state index contributed by atoms with van der Waals surface area (Å²) in [5.74, 6) is -2.68. The smallest absolute Gasteiger partial charge is 0.341 e. The molecule has 0 aromatic heterocycles. The van der Waals surface area contributed by atoms with Gasteiger partial charge in [-0.3, -0.25) is 10.1 Å². The van der Waals surface area contributed by atoms with Crippen molar-refractivity contribution in [1.82, 2.24) is 0 Å². The van der Waals surface area contributed by atoms with Gasteiger partial charge in [0.1, 0.15) is 5.82 Å². The van der Waals surface area contributed by atoms with E-state index in [0.717, 1.165) is 6.07 Å². The van der Waals surface area contributed by atoms with Crippen LogP contribution < -0.4 is 4.74 Å². The molecular formula is C8H5ClFNO5. The van der Waals surface area contributed by atoms with Crippen molar-refractivity contribution in [2.75, 3.05) is 6.61 Å². The Balaban J connectivity index is 3.09. The lowest BCUT2D eigenvalue weighted by Gasteiger charge is -2.04. The molecule has 8 heteroatoms. The van der Waals surface area contributed by atoms with E-state index in [1.807, 2.05) is 0 Å². The van der Waals surface area contributed by atoms with Gasteiger partial charge in [-0.2, -0.15) is 0 Å². The molecule has 1 N–H and O–H groups in total. The van der Waals surface area contributed by atoms with Crippen molar-refractivity contribution in [1.29, 1.82) is 0 Å². The lowest BCUT2D eigenvalue weighted by atomic mass is 10.3. The third-order valence-corrected chi connectivity index (χ3v) is 1.84. The highest BCUT2D eigenvalue weighted by Gasteiger charge is 2.19. The zero-order valence-corrected chi connectivity index (χ0v) is 8.40. The summed E-state index contributed by atoms with van der Waals surface area (Å²) in [6, 6.07) is 1.43. The van der Waals surface area contributed by atoms with E-state index in [0.29, 0.717) is 6.07 Å². The number of nitrogens with zero attached hydrogens (tertiary/aromatic N) is 1. The summed E-state index contributed by atoms with van der Waals surface area (Å²) in [6.45, 7) is -0.775. The second-order valence-electron chi connectivity index (χ2n) is 2.67. The van der Waals surface area contributed by atoms with E-state index in [1.165, 1.54) is 0 Å². The zero-order chi connectivity index (χ0) is 12.3. The summed E-state index contributed by atoms with van der Waals surface area (Å²) in [5.41, 5.74) is -0.678. The number of benzene rings is 1. The molecule has 0 saturated carbocycles. The predicted octanol–water partition coefficient (Wildman–Crippen LogP) is 1.85. The standard InChI is InChI=1S/C8H5ClFNO5/c9-4-1-7(16-3-8(12)13)6(11(14)15)2-5(4)10/h1-2H,3H2,(H,12,13). The predicted molar refractivity (Wildman–Crippen MR) is 51.2 cm³/mol. The second kappa shape index (κ2) is 4.75. The highest BCUT2D eigenvalue weighted by Crippen LogP contribution is 2.32. The summed E-state index contributed by atoms with van der Waals surface area (Å²) in [7, 11) is 0. The molecule has 1 aromatic rings. The lowest BCUT2D eigenvalue weighted by molar-refractivity contribution is -0.386. The van der Waals surface area contributed by atoms with Gasteiger partial charge in [-0.15, -0.1) is 0 Å². The van der Waals surface area contributed by atoms with Crippen molar-refractivity contribution < 1.29 is 24.0 Å². The summed E-state index contributed by atoms with van der Waals surface area (Å²) in [4.78, 5) is 19.8. The fourth-order valence-corrected chi connectivity index (χ4v) is 1.07. The number of carbonyl (C=O) groups is 1. The maximum atomic E-state index is 12.9. The van der Waals surface area contributed by atoms with Crippen LogP contribution in [0.2, 0.25) is 5.02 Å². The number of hydrogen-bond donors (Lipinski definition) is 1. The molecule has 0 saturated heterocycles. The maximum absolute atomic E-state index is 12.9. The van der Waals surface area contributed by atoms with Crippen molar-refractivity contribution >= 4 is 23.3 Å². The zero-order valence-electron chi connectivity index (χ0n) is 7.65. The molecular weight excluding hydrogens is 245 g/mol. The molecule has 16 heavy (non-hydrogen) atoms. The summed E-state index contributed by atoms with van der Waals surface area (Å²) >= 11 is 5.38. The number of carboxylic acid groups (broad SMARTS) is 1. The van der Waals surface area contributed by atoms with E-state index in [-0.39, 0.29) is 10.8 Å². The van der Waals surface area contributed by atoms with Gasteiger partial charge in [0.05, 0.1) is 16.0 Å². The fourth-order valence-electron chi connectivity index (χ4n) is 0.916. The van der Waals surface area contributed by atoms with Crippen LogP contribution in [0, 0.1) is 15.9 Å². The molecule has 86 valence electrons. The molecule has 0 heterocycles. The summed E-state index contributed by atoms with van der Waals surface area (Å²) in [5, 5.41) is 18.4. The van der Waals surface area contributed by atoms with Crippen LogP contribution in [0.3, 0.4) is 0 Å². The van der Waals surface area contributed by atoms with Crippen LogP contribution in [0.25, 0.3) is 0 Å². The van der Waals surface area contributed by atoms with Gasteiger partial charge in [-0.05, 0) is 0 Å². The SMILES string of the molecule is O=C(O)COc1cc(Cl)c(F)cc1[N+](=O)[O-]. The molecule has 1 aromatic carbocycles. The number of ether oxygens (including phenoxy) is 1. The first kappa shape index (κ1) is 12.2. The van der Waals surface area contributed by atoms with Crippen molar-refractivity contribution in [3.8, 4) is 5.75 Å². The number of aliphatic carboxylic acids is 1. The van der Waals surface area contributed by atoms with Crippen LogP contribution in [0.4, 0.5) is 10.1 Å². The Morgan fingerprint density at radius 1 is 1.62 bits per heavy atom. The fraction of sp³-hybridized carbons (Fsp3) is 0.125. The van der Waals surface area contributed by atoms with E-state index in [9.17, 15) is 19.3 Å². The van der Waals surface area contributed by atoms with E-state index in [2.05, 4.69) is 4.74 Å². The Morgan fingerprint density at radius 3 is 2.75 bits per heavy atom. The first-order chi connectivity index (χ1) is 7.41. The maximum Gasteiger partial charge on any atom is 0.341 e. The molecule has 0 atom stereocenters. The van der Waals surface area contributed by atoms with Gasteiger partial charge in [-0.1, -0.05) is 11.6 Å². The van der Waals surface area contributed by atoms with Crippen LogP contribution >= 0.6 is 11.6 Å². The third kappa shape index (κ3) is 2.80. The van der Waals surface area contributed by atoms with Crippen molar-refractivity contribution in [3.63, 3.8) is 0 Å². The highest BCUT2D eigenvalue weighted by atomic mass is 35.5. The van der Waals surface area contributed by atoms with E-state index < -0.39 is 29.0 Å². The molecule has 0 aliphatic carbocycles. The van der Waals surface area contributed by atoms with Crippen molar-refractivity contribution in [3.05, 3.63) is 33.1 Å². The number of rotatable bonds is 4. The normalized spacial score (nSPS) is 9.88. The Labute approximate surface area is 93.4 Å². The lowest BCUT2D eigenvalue weighted by Crippen LogP contribution is -2.10. The summed E-state index contributed by atoms with van der Waals surface area (Å²) < 4.78 is 17.5. The van der Waals surface area contributed by atoms with Gasteiger partial charge >= 0.3 is 11.7 Å². The van der Waals surface area contributed by atoms with Crippen LogP contribution in [-0.4, -0.2) is 22.6 Å².